The lowest BCUT2D eigenvalue weighted by atomic mass is 10.2. The van der Waals surface area contributed by atoms with Gasteiger partial charge in [0.1, 0.15) is 5.69 Å². The molecule has 0 radical (unpaired) electrons. The van der Waals surface area contributed by atoms with Crippen molar-refractivity contribution in [3.63, 3.8) is 0 Å². The average Bonchev–Trinajstić information content (AvgIpc) is 2.78. The third-order valence-corrected chi connectivity index (χ3v) is 2.40. The molecule has 3 aromatic rings. The van der Waals surface area contributed by atoms with Gasteiger partial charge in [-0.25, -0.2) is 4.98 Å². The van der Waals surface area contributed by atoms with E-state index < -0.39 is 0 Å². The molecule has 0 aliphatic rings. The number of allylic oxidation sites excluding steroid dienone is 1. The minimum atomic E-state index is 0.165. The maximum atomic E-state index is 9.32. The number of aliphatic hydroxyl groups is 1. The number of aromatic nitrogens is 5. The van der Waals surface area contributed by atoms with E-state index >= 15 is 0 Å². The molecule has 3 rings (SSSR count). The van der Waals surface area contributed by atoms with E-state index in [2.05, 4.69) is 20.5 Å². The summed E-state index contributed by atoms with van der Waals surface area (Å²) in [6, 6.07) is 7.56. The van der Waals surface area contributed by atoms with Crippen molar-refractivity contribution < 1.29 is 5.11 Å². The normalized spacial score (nSPS) is 12.4. The van der Waals surface area contributed by atoms with Crippen molar-refractivity contribution in [2.75, 3.05) is 0 Å². The molecule has 0 unspecified atom stereocenters. The molecule has 1 N–H and O–H groups in total. The average molecular weight is 227 g/mol. The Morgan fingerprint density at radius 1 is 1.35 bits per heavy atom. The Bertz CT molecular complexity index is 727. The number of benzene rings is 1. The molecule has 6 heteroatoms. The lowest BCUT2D eigenvalue weighted by Crippen LogP contribution is -1.97. The van der Waals surface area contributed by atoms with Crippen molar-refractivity contribution >= 4 is 22.8 Å². The number of hydrogen-bond donors (Lipinski definition) is 1. The summed E-state index contributed by atoms with van der Waals surface area (Å²) < 4.78 is 1.61. The van der Waals surface area contributed by atoms with Crippen LogP contribution in [0, 0.1) is 0 Å². The predicted molar refractivity (Wildman–Crippen MR) is 62.4 cm³/mol. The van der Waals surface area contributed by atoms with Crippen molar-refractivity contribution in [1.82, 2.24) is 25.0 Å². The minimum Gasteiger partial charge on any atom is -0.513 e. The predicted octanol–water partition coefficient (Wildman–Crippen LogP) is 1.59. The van der Waals surface area contributed by atoms with Gasteiger partial charge in [-0.1, -0.05) is 12.1 Å². The first kappa shape index (κ1) is 9.71. The highest BCUT2D eigenvalue weighted by atomic mass is 16.3. The van der Waals surface area contributed by atoms with Crippen LogP contribution in [0.1, 0.15) is 12.6 Å². The molecular formula is C11H9N5O. The van der Waals surface area contributed by atoms with E-state index in [9.17, 15) is 5.11 Å². The van der Waals surface area contributed by atoms with Crippen LogP contribution in [0.4, 0.5) is 0 Å². The van der Waals surface area contributed by atoms with Crippen LogP contribution in [0.15, 0.2) is 30.0 Å². The number of aliphatic hydroxyl groups excluding tert-OH is 1. The van der Waals surface area contributed by atoms with Gasteiger partial charge in [0.25, 0.3) is 0 Å². The molecule has 0 amide bonds. The SMILES string of the molecule is C/C(O)=C/c1nc2ccccc2n2nnnc12. The zero-order chi connectivity index (χ0) is 11.8. The molecule has 84 valence electrons. The molecule has 0 spiro atoms. The van der Waals surface area contributed by atoms with Gasteiger partial charge in [0, 0.05) is 6.08 Å². The monoisotopic (exact) mass is 227 g/mol. The quantitative estimate of drug-likeness (QED) is 0.639. The molecule has 0 saturated carbocycles. The van der Waals surface area contributed by atoms with Crippen LogP contribution in [0.5, 0.6) is 0 Å². The van der Waals surface area contributed by atoms with Crippen LogP contribution < -0.4 is 0 Å². The van der Waals surface area contributed by atoms with E-state index in [1.807, 2.05) is 24.3 Å². The third-order valence-electron chi connectivity index (χ3n) is 2.40. The number of rotatable bonds is 1. The zero-order valence-corrected chi connectivity index (χ0v) is 9.07. The number of nitrogens with zero attached hydrogens (tertiary/aromatic N) is 5. The van der Waals surface area contributed by atoms with Crippen LogP contribution in [-0.2, 0) is 0 Å². The second kappa shape index (κ2) is 3.51. The minimum absolute atomic E-state index is 0.165. The van der Waals surface area contributed by atoms with Crippen LogP contribution in [0.3, 0.4) is 0 Å². The Kier molecular flexibility index (Phi) is 2.01. The lowest BCUT2D eigenvalue weighted by molar-refractivity contribution is 0.419. The highest BCUT2D eigenvalue weighted by Crippen LogP contribution is 2.16. The molecule has 0 atom stereocenters. The first-order valence-electron chi connectivity index (χ1n) is 5.10. The third kappa shape index (κ3) is 1.50. The van der Waals surface area contributed by atoms with Gasteiger partial charge in [0.2, 0.25) is 5.65 Å². The highest BCUT2D eigenvalue weighted by molar-refractivity contribution is 5.80. The Morgan fingerprint density at radius 2 is 2.18 bits per heavy atom. The topological polar surface area (TPSA) is 76.2 Å². The fourth-order valence-corrected chi connectivity index (χ4v) is 1.72. The van der Waals surface area contributed by atoms with Crippen LogP contribution in [0.25, 0.3) is 22.8 Å². The summed E-state index contributed by atoms with van der Waals surface area (Å²) in [4.78, 5) is 4.42. The maximum absolute atomic E-state index is 9.32. The van der Waals surface area contributed by atoms with Gasteiger partial charge in [-0.05, 0) is 29.5 Å². The smallest absolute Gasteiger partial charge is 0.205 e. The summed E-state index contributed by atoms with van der Waals surface area (Å²) in [5.74, 6) is 0.165. The van der Waals surface area contributed by atoms with Gasteiger partial charge in [-0.15, -0.1) is 5.10 Å². The second-order valence-corrected chi connectivity index (χ2v) is 3.69. The number of para-hydroxylation sites is 2. The van der Waals surface area contributed by atoms with Gasteiger partial charge < -0.3 is 5.11 Å². The summed E-state index contributed by atoms with van der Waals surface area (Å²) in [6.45, 7) is 1.58. The summed E-state index contributed by atoms with van der Waals surface area (Å²) in [5.41, 5.74) is 2.69. The Hall–Kier alpha value is -2.50. The largest absolute Gasteiger partial charge is 0.513 e. The Morgan fingerprint density at radius 3 is 3.00 bits per heavy atom. The molecule has 1 aromatic carbocycles. The second-order valence-electron chi connectivity index (χ2n) is 3.69. The molecule has 2 aromatic heterocycles. The molecule has 17 heavy (non-hydrogen) atoms. The van der Waals surface area contributed by atoms with Gasteiger partial charge in [0.05, 0.1) is 16.8 Å². The molecule has 0 fully saturated rings. The first-order valence-corrected chi connectivity index (χ1v) is 5.10. The number of fused-ring (bicyclic) bond motifs is 3. The van der Waals surface area contributed by atoms with E-state index in [0.29, 0.717) is 11.3 Å². The number of tetrazole rings is 1. The maximum Gasteiger partial charge on any atom is 0.205 e. The van der Waals surface area contributed by atoms with Crippen molar-refractivity contribution in [2.45, 2.75) is 6.92 Å². The standard InChI is InChI=1S/C11H9N5O/c1-7(17)6-9-11-13-14-15-16(11)10-5-3-2-4-8(10)12-9/h2-6,17H,1H3/b7-6-. The van der Waals surface area contributed by atoms with Crippen molar-refractivity contribution in [1.29, 1.82) is 0 Å². The van der Waals surface area contributed by atoms with Gasteiger partial charge >= 0.3 is 0 Å². The van der Waals surface area contributed by atoms with Gasteiger partial charge in [-0.2, -0.15) is 4.52 Å². The zero-order valence-electron chi connectivity index (χ0n) is 9.07. The fraction of sp³-hybridized carbons (Fsp3) is 0.0909. The van der Waals surface area contributed by atoms with Crippen LogP contribution in [0.2, 0.25) is 0 Å². The van der Waals surface area contributed by atoms with E-state index in [-0.39, 0.29) is 5.76 Å². The van der Waals surface area contributed by atoms with E-state index in [1.54, 1.807) is 11.4 Å². The summed E-state index contributed by atoms with van der Waals surface area (Å²) in [7, 11) is 0. The van der Waals surface area contributed by atoms with Crippen molar-refractivity contribution in [3.05, 3.63) is 35.7 Å². The molecule has 2 heterocycles. The van der Waals surface area contributed by atoms with Crippen LogP contribution in [-0.4, -0.2) is 30.1 Å². The number of hydrogen-bond acceptors (Lipinski definition) is 5. The first-order chi connectivity index (χ1) is 8.25. The molecule has 0 bridgehead atoms. The molecule has 0 saturated heterocycles. The highest BCUT2D eigenvalue weighted by Gasteiger charge is 2.09. The van der Waals surface area contributed by atoms with Crippen LogP contribution >= 0.6 is 0 Å². The lowest BCUT2D eigenvalue weighted by Gasteiger charge is -2.01. The van der Waals surface area contributed by atoms with Gasteiger partial charge in [0.15, 0.2) is 0 Å². The van der Waals surface area contributed by atoms with Gasteiger partial charge in [-0.3, -0.25) is 0 Å². The Balaban J connectivity index is 2.48. The van der Waals surface area contributed by atoms with Crippen molar-refractivity contribution in [3.8, 4) is 0 Å². The summed E-state index contributed by atoms with van der Waals surface area (Å²) >= 11 is 0. The summed E-state index contributed by atoms with van der Waals surface area (Å²) in [5, 5.41) is 20.8. The Labute approximate surface area is 96.2 Å². The molecule has 6 nitrogen and oxygen atoms in total. The van der Waals surface area contributed by atoms with E-state index in [0.717, 1.165) is 11.0 Å². The van der Waals surface area contributed by atoms with E-state index in [4.69, 9.17) is 0 Å². The summed E-state index contributed by atoms with van der Waals surface area (Å²) in [6.07, 6.45) is 1.54. The van der Waals surface area contributed by atoms with Crippen molar-refractivity contribution in [2.24, 2.45) is 0 Å². The van der Waals surface area contributed by atoms with E-state index in [1.165, 1.54) is 6.08 Å². The molecule has 0 aliphatic heterocycles. The fourth-order valence-electron chi connectivity index (χ4n) is 1.72. The molecule has 0 aliphatic carbocycles. The molecular weight excluding hydrogens is 218 g/mol.